The summed E-state index contributed by atoms with van der Waals surface area (Å²) in [5, 5.41) is 35.6. The van der Waals surface area contributed by atoms with Gasteiger partial charge in [-0.3, -0.25) is 23.2 Å². The van der Waals surface area contributed by atoms with E-state index in [1.165, 1.54) is 36.4 Å². The zero-order valence-electron chi connectivity index (χ0n) is 44.0. The van der Waals surface area contributed by atoms with Gasteiger partial charge in [0.2, 0.25) is 0 Å². The number of nitrogens with zero attached hydrogens (tertiary/aromatic N) is 4. The maximum absolute atomic E-state index is 13.3. The molecule has 0 bridgehead atoms. The Labute approximate surface area is 483 Å². The molecule has 2 amide bonds. The van der Waals surface area contributed by atoms with E-state index >= 15 is 0 Å². The highest BCUT2D eigenvalue weighted by atomic mass is 32.2. The number of azo groups is 2. The maximum atomic E-state index is 13.3. The number of carbonyl (C=O) groups is 2. The summed E-state index contributed by atoms with van der Waals surface area (Å²) >= 11 is 0.510. The van der Waals surface area contributed by atoms with E-state index in [1.54, 1.807) is 92.7 Å². The molecule has 8 rings (SSSR count). The zero-order valence-corrected chi connectivity index (χ0v) is 47.3. The number of anilines is 4. The van der Waals surface area contributed by atoms with Crippen LogP contribution in [-0.2, 0) is 49.2 Å². The van der Waals surface area contributed by atoms with Crippen LogP contribution < -0.4 is 31.6 Å². The molecule has 8 aromatic rings. The van der Waals surface area contributed by atoms with Crippen molar-refractivity contribution in [1.82, 2.24) is 0 Å². The van der Waals surface area contributed by atoms with E-state index in [0.29, 0.717) is 68.5 Å². The molecule has 0 spiro atoms. The number of nitrogens with two attached hydrogens (primary N) is 2. The first-order valence-electron chi connectivity index (χ1n) is 24.5. The average Bonchev–Trinajstić information content (AvgIpc) is 1.98. The number of rotatable bonds is 25. The van der Waals surface area contributed by atoms with Gasteiger partial charge in [-0.05, 0) is 145 Å². The lowest BCUT2D eigenvalue weighted by Crippen LogP contribution is -2.16. The van der Waals surface area contributed by atoms with E-state index in [4.69, 9.17) is 35.7 Å². The summed E-state index contributed by atoms with van der Waals surface area (Å²) in [5.41, 5.74) is 15.8. The first-order valence-corrected chi connectivity index (χ1v) is 29.6. The van der Waals surface area contributed by atoms with Gasteiger partial charge in [-0.1, -0.05) is 17.2 Å². The minimum atomic E-state index is -4.97. The fraction of sp³-hybridized carbons (Fsp3) is 0.148. The highest BCUT2D eigenvalue weighted by Gasteiger charge is 2.22. The number of benzene rings is 8. The SMILES string of the molecule is Cc1cc(NC(=O)c2ccc(N)cc2)c(OCCOCCOCCOc2cc(/N=N/c3ccc4cc(S(=O)(=O)O)cc(S(=O)(=O)O)c4c3)c(C)cc2NC(=O)c2ccc(N)cc2)cc1/N=N/c1ccc2cc(SOOO)cc(S(=O)(=O)O)c2c1. The molecule has 0 atom stereocenters. The molecule has 438 valence electrons. The van der Waals surface area contributed by atoms with Gasteiger partial charge in [-0.2, -0.15) is 45.7 Å². The normalized spacial score (nSPS) is 12.1. The Bertz CT molecular complexity index is 4210. The van der Waals surface area contributed by atoms with Crippen molar-refractivity contribution in [3.8, 4) is 11.5 Å². The van der Waals surface area contributed by atoms with Gasteiger partial charge >= 0.3 is 0 Å². The largest absolute Gasteiger partial charge is 0.489 e. The van der Waals surface area contributed by atoms with E-state index in [-0.39, 0.29) is 94.9 Å². The molecule has 0 saturated heterocycles. The zero-order chi connectivity index (χ0) is 60.3. The summed E-state index contributed by atoms with van der Waals surface area (Å²) in [6.07, 6.45) is 0. The van der Waals surface area contributed by atoms with Crippen molar-refractivity contribution in [2.24, 2.45) is 20.5 Å². The van der Waals surface area contributed by atoms with Crippen LogP contribution in [-0.4, -0.2) is 95.6 Å². The molecule has 0 aliphatic rings. The van der Waals surface area contributed by atoms with Crippen LogP contribution in [0.3, 0.4) is 0 Å². The van der Waals surface area contributed by atoms with Gasteiger partial charge in [0, 0.05) is 50.3 Å². The molecule has 0 aliphatic carbocycles. The fourth-order valence-corrected chi connectivity index (χ4v) is 10.6. The van der Waals surface area contributed by atoms with Crippen LogP contribution in [0, 0.1) is 13.8 Å². The predicted molar refractivity (Wildman–Crippen MR) is 309 cm³/mol. The van der Waals surface area contributed by atoms with Gasteiger partial charge in [-0.25, -0.2) is 5.26 Å². The number of hydrogen-bond donors (Lipinski definition) is 8. The van der Waals surface area contributed by atoms with Crippen molar-refractivity contribution in [2.75, 3.05) is 61.7 Å². The lowest BCUT2D eigenvalue weighted by atomic mass is 10.1. The third-order valence-corrected chi connectivity index (χ3v) is 15.3. The smallest absolute Gasteiger partial charge is 0.295 e. The van der Waals surface area contributed by atoms with Gasteiger partial charge in [0.15, 0.2) is 0 Å². The van der Waals surface area contributed by atoms with Crippen LogP contribution in [0.1, 0.15) is 31.8 Å². The molecule has 84 heavy (non-hydrogen) atoms. The molecule has 8 aromatic carbocycles. The van der Waals surface area contributed by atoms with E-state index in [2.05, 4.69) is 40.5 Å². The number of amides is 2. The van der Waals surface area contributed by atoms with Gasteiger partial charge in [-0.15, -0.1) is 4.33 Å². The summed E-state index contributed by atoms with van der Waals surface area (Å²) in [4.78, 5) is 24.9. The Morgan fingerprint density at radius 2 is 0.940 bits per heavy atom. The maximum Gasteiger partial charge on any atom is 0.295 e. The molecule has 0 radical (unpaired) electrons. The van der Waals surface area contributed by atoms with E-state index in [1.807, 2.05) is 0 Å². The molecule has 10 N–H and O–H groups in total. The lowest BCUT2D eigenvalue weighted by Gasteiger charge is -2.16. The third-order valence-electron chi connectivity index (χ3n) is 12.1. The number of nitrogen functional groups attached to an aromatic ring is 2. The number of fused-ring (bicyclic) bond motifs is 2. The summed E-state index contributed by atoms with van der Waals surface area (Å²) in [7, 11) is -14.6. The van der Waals surface area contributed by atoms with Crippen LogP contribution in [0.25, 0.3) is 21.5 Å². The molecule has 30 heteroatoms. The Morgan fingerprint density at radius 1 is 0.512 bits per heavy atom. The topological polar surface area (TPSA) is 398 Å². The molecule has 0 saturated carbocycles. The van der Waals surface area contributed by atoms with Crippen LogP contribution in [0.15, 0.2) is 173 Å². The number of ether oxygens (including phenoxy) is 4. The minimum absolute atomic E-state index is 0.00531. The van der Waals surface area contributed by atoms with Crippen molar-refractivity contribution in [2.45, 2.75) is 33.4 Å². The van der Waals surface area contributed by atoms with E-state index in [0.717, 1.165) is 12.1 Å². The second-order valence-corrected chi connectivity index (χ2v) is 23.0. The highest BCUT2D eigenvalue weighted by molar-refractivity contribution is 7.94. The number of carbonyl (C=O) groups excluding carboxylic acids is 2. The Balaban J connectivity index is 0.914. The van der Waals surface area contributed by atoms with Crippen molar-refractivity contribution in [3.05, 3.63) is 156 Å². The van der Waals surface area contributed by atoms with Crippen molar-refractivity contribution >= 4 is 121 Å². The van der Waals surface area contributed by atoms with Crippen molar-refractivity contribution < 1.29 is 82.1 Å². The monoisotopic (exact) mass is 1230 g/mol. The number of nitrogens with one attached hydrogen (secondary N) is 2. The molecular weight excluding hydrogens is 1180 g/mol. The number of aryl methyl sites for hydroxylation is 2. The first kappa shape index (κ1) is 61.6. The van der Waals surface area contributed by atoms with Crippen LogP contribution in [0.5, 0.6) is 11.5 Å². The standard InChI is InChI=1S/C54H50N8O18S4/c1-31-21-47(57-53(63)33-3-9-37(55)10-4-33)49(29-45(31)61-59-39-13-7-35-23-41(81-80-79-65)27-51(43(35)25-39)83(69,70)71)77-19-17-75-15-16-76-18-20-78-50-30-46(32(2)22-48(50)58-54(64)34-5-11-38(56)12-6-34)62-60-40-14-8-36-24-42(82(66,67)68)28-52(44(36)26-40)84(72,73)74/h3-14,21-30,65H,15-20,55-56H2,1-2H3,(H,57,63)(H,58,64)(H,66,67,68)(H,69,70,71)(H,72,73,74)/b61-59+,62-60+. The summed E-state index contributed by atoms with van der Waals surface area (Å²) in [5.74, 6) is -0.554. The van der Waals surface area contributed by atoms with Crippen LogP contribution in [0.4, 0.5) is 45.5 Å². The average molecular weight is 1230 g/mol. The Hall–Kier alpha value is -8.50. The van der Waals surface area contributed by atoms with E-state index in [9.17, 15) is 48.5 Å². The molecule has 0 fully saturated rings. The molecular formula is C54H50N8O18S4. The number of hydrogen-bond acceptors (Lipinski definition) is 22. The molecule has 0 heterocycles. The first-order chi connectivity index (χ1) is 39.9. The van der Waals surface area contributed by atoms with Crippen LogP contribution >= 0.6 is 12.0 Å². The molecule has 26 nitrogen and oxygen atoms in total. The predicted octanol–water partition coefficient (Wildman–Crippen LogP) is 10.8. The van der Waals surface area contributed by atoms with Gasteiger partial charge in [0.05, 0.1) is 77.5 Å². The Morgan fingerprint density at radius 3 is 1.37 bits per heavy atom. The molecule has 0 aromatic heterocycles. The quantitative estimate of drug-likeness (QED) is 0.00501. The minimum Gasteiger partial charge on any atom is -0.489 e. The van der Waals surface area contributed by atoms with Crippen molar-refractivity contribution in [1.29, 1.82) is 0 Å². The second-order valence-electron chi connectivity index (χ2n) is 18.0. The van der Waals surface area contributed by atoms with Gasteiger partial charge in [0.25, 0.3) is 42.2 Å². The lowest BCUT2D eigenvalue weighted by molar-refractivity contribution is -0.432. The van der Waals surface area contributed by atoms with E-state index < -0.39 is 56.9 Å². The summed E-state index contributed by atoms with van der Waals surface area (Å²) in [6.45, 7) is 3.75. The van der Waals surface area contributed by atoms with Crippen LogP contribution in [0.2, 0.25) is 0 Å². The van der Waals surface area contributed by atoms with Gasteiger partial charge in [0.1, 0.15) is 34.5 Å². The molecule has 0 unspecified atom stereocenters. The second kappa shape index (κ2) is 26.8. The summed E-state index contributed by atoms with van der Waals surface area (Å²) < 4.78 is 131. The molecule has 0 aliphatic heterocycles. The van der Waals surface area contributed by atoms with Gasteiger partial charge < -0.3 is 41.0 Å². The van der Waals surface area contributed by atoms with Crippen molar-refractivity contribution in [3.63, 3.8) is 0 Å². The fourth-order valence-electron chi connectivity index (χ4n) is 8.00. The Kier molecular flexibility index (Phi) is 19.7. The third kappa shape index (κ3) is 16.2. The highest BCUT2D eigenvalue weighted by Crippen LogP contribution is 2.39. The summed E-state index contributed by atoms with van der Waals surface area (Å²) in [6, 6.07) is 31.7.